The Morgan fingerprint density at radius 1 is 1.35 bits per heavy atom. The first-order valence-corrected chi connectivity index (χ1v) is 6.50. The first-order valence-electron chi connectivity index (χ1n) is 6.50. The highest BCUT2D eigenvalue weighted by atomic mass is 19.4. The molecule has 0 aromatic heterocycles. The summed E-state index contributed by atoms with van der Waals surface area (Å²) in [5.74, 6) is -1.13. The molecule has 0 spiro atoms. The van der Waals surface area contributed by atoms with E-state index < -0.39 is 12.1 Å². The molecule has 1 aliphatic rings. The molecule has 1 aliphatic heterocycles. The van der Waals surface area contributed by atoms with E-state index in [1.807, 2.05) is 18.7 Å². The van der Waals surface area contributed by atoms with Crippen molar-refractivity contribution in [2.24, 2.45) is 5.92 Å². The van der Waals surface area contributed by atoms with Crippen molar-refractivity contribution in [3.05, 3.63) is 0 Å². The molecule has 0 aliphatic carbocycles. The zero-order valence-electron chi connectivity index (χ0n) is 10.7. The van der Waals surface area contributed by atoms with Gasteiger partial charge < -0.3 is 5.32 Å². The SMILES string of the molecule is CCNCC(CC)N1CCCC(C(F)(F)F)C1. The second-order valence-electron chi connectivity index (χ2n) is 4.75. The van der Waals surface area contributed by atoms with Gasteiger partial charge in [0, 0.05) is 19.1 Å². The molecule has 1 saturated heterocycles. The second kappa shape index (κ2) is 6.59. The molecule has 0 aromatic carbocycles. The molecule has 0 bridgehead atoms. The number of piperidine rings is 1. The van der Waals surface area contributed by atoms with Crippen LogP contribution in [0.25, 0.3) is 0 Å². The Morgan fingerprint density at radius 3 is 2.59 bits per heavy atom. The van der Waals surface area contributed by atoms with Gasteiger partial charge in [0.05, 0.1) is 5.92 Å². The lowest BCUT2D eigenvalue weighted by atomic mass is 9.95. The summed E-state index contributed by atoms with van der Waals surface area (Å²) >= 11 is 0. The summed E-state index contributed by atoms with van der Waals surface area (Å²) in [4.78, 5) is 2.00. The average molecular weight is 252 g/mol. The van der Waals surface area contributed by atoms with Crippen LogP contribution in [0.4, 0.5) is 13.2 Å². The maximum atomic E-state index is 12.7. The zero-order valence-corrected chi connectivity index (χ0v) is 10.7. The molecule has 5 heteroatoms. The molecule has 1 N–H and O–H groups in total. The molecule has 1 fully saturated rings. The highest BCUT2D eigenvalue weighted by molar-refractivity contribution is 4.82. The largest absolute Gasteiger partial charge is 0.393 e. The van der Waals surface area contributed by atoms with Crippen molar-refractivity contribution in [1.29, 1.82) is 0 Å². The minimum absolute atomic E-state index is 0.174. The van der Waals surface area contributed by atoms with Crippen LogP contribution in [0.1, 0.15) is 33.1 Å². The van der Waals surface area contributed by atoms with E-state index in [9.17, 15) is 13.2 Å². The number of hydrogen-bond acceptors (Lipinski definition) is 2. The van der Waals surface area contributed by atoms with E-state index in [1.54, 1.807) is 0 Å². The standard InChI is InChI=1S/C12H23F3N2/c1-3-11(8-16-4-2)17-7-5-6-10(9-17)12(13,14)15/h10-11,16H,3-9H2,1-2H3. The van der Waals surface area contributed by atoms with Gasteiger partial charge in [0.15, 0.2) is 0 Å². The van der Waals surface area contributed by atoms with E-state index in [4.69, 9.17) is 0 Å². The molecule has 0 saturated carbocycles. The van der Waals surface area contributed by atoms with Crippen LogP contribution in [0.5, 0.6) is 0 Å². The Kier molecular flexibility index (Phi) is 5.73. The monoisotopic (exact) mass is 252 g/mol. The Hall–Kier alpha value is -0.290. The summed E-state index contributed by atoms with van der Waals surface area (Å²) in [6, 6.07) is 0.236. The van der Waals surface area contributed by atoms with Crippen LogP contribution in [-0.2, 0) is 0 Å². The van der Waals surface area contributed by atoms with Crippen molar-refractivity contribution in [3.8, 4) is 0 Å². The van der Waals surface area contributed by atoms with Crippen LogP contribution in [-0.4, -0.2) is 43.3 Å². The van der Waals surface area contributed by atoms with Crippen LogP contribution in [0.15, 0.2) is 0 Å². The normalized spacial score (nSPS) is 24.9. The number of nitrogens with zero attached hydrogens (tertiary/aromatic N) is 1. The Bertz CT molecular complexity index is 218. The van der Waals surface area contributed by atoms with E-state index in [2.05, 4.69) is 5.32 Å². The van der Waals surface area contributed by atoms with Gasteiger partial charge in [0.1, 0.15) is 0 Å². The molecule has 0 amide bonds. The Balaban J connectivity index is 2.52. The van der Waals surface area contributed by atoms with Crippen LogP contribution < -0.4 is 5.32 Å². The van der Waals surface area contributed by atoms with Gasteiger partial charge in [-0.3, -0.25) is 4.90 Å². The maximum Gasteiger partial charge on any atom is 0.393 e. The van der Waals surface area contributed by atoms with Crippen LogP contribution in [0.3, 0.4) is 0 Å². The van der Waals surface area contributed by atoms with E-state index in [0.717, 1.165) is 26.1 Å². The van der Waals surface area contributed by atoms with Gasteiger partial charge in [-0.15, -0.1) is 0 Å². The third-order valence-electron chi connectivity index (χ3n) is 3.53. The van der Waals surface area contributed by atoms with Gasteiger partial charge in [-0.25, -0.2) is 0 Å². The van der Waals surface area contributed by atoms with Gasteiger partial charge in [-0.2, -0.15) is 13.2 Å². The second-order valence-corrected chi connectivity index (χ2v) is 4.75. The van der Waals surface area contributed by atoms with Gasteiger partial charge in [-0.05, 0) is 32.4 Å². The highest BCUT2D eigenvalue weighted by Gasteiger charge is 2.42. The molecule has 1 heterocycles. The number of likely N-dealkylation sites (N-methyl/N-ethyl adjacent to an activating group) is 1. The molecule has 2 nitrogen and oxygen atoms in total. The maximum absolute atomic E-state index is 12.7. The van der Waals surface area contributed by atoms with Gasteiger partial charge in [0.25, 0.3) is 0 Å². The topological polar surface area (TPSA) is 15.3 Å². The summed E-state index contributed by atoms with van der Waals surface area (Å²) in [5.41, 5.74) is 0. The molecule has 102 valence electrons. The highest BCUT2D eigenvalue weighted by Crippen LogP contribution is 2.33. The number of alkyl halides is 3. The van der Waals surface area contributed by atoms with Gasteiger partial charge in [0.2, 0.25) is 0 Å². The number of nitrogens with one attached hydrogen (secondary N) is 1. The van der Waals surface area contributed by atoms with Crippen LogP contribution >= 0.6 is 0 Å². The molecule has 0 radical (unpaired) electrons. The lowest BCUT2D eigenvalue weighted by molar-refractivity contribution is -0.188. The summed E-state index contributed by atoms with van der Waals surface area (Å²) in [6.45, 7) is 6.69. The Labute approximate surface area is 102 Å². The summed E-state index contributed by atoms with van der Waals surface area (Å²) in [5, 5.41) is 3.23. The molecular formula is C12H23F3N2. The molecule has 17 heavy (non-hydrogen) atoms. The van der Waals surface area contributed by atoms with Crippen molar-refractivity contribution in [2.45, 2.75) is 45.3 Å². The minimum Gasteiger partial charge on any atom is -0.315 e. The first kappa shape index (κ1) is 14.8. The van der Waals surface area contributed by atoms with Gasteiger partial charge >= 0.3 is 6.18 Å². The van der Waals surface area contributed by atoms with Crippen molar-refractivity contribution >= 4 is 0 Å². The predicted octanol–water partition coefficient (Wildman–Crippen LogP) is 2.65. The summed E-state index contributed by atoms with van der Waals surface area (Å²) in [6.07, 6.45) is -2.18. The fraction of sp³-hybridized carbons (Fsp3) is 1.00. The average Bonchev–Trinajstić information content (AvgIpc) is 2.29. The molecular weight excluding hydrogens is 229 g/mol. The number of rotatable bonds is 5. The fourth-order valence-corrected chi connectivity index (χ4v) is 2.45. The van der Waals surface area contributed by atoms with Crippen molar-refractivity contribution in [2.75, 3.05) is 26.2 Å². The molecule has 0 aromatic rings. The van der Waals surface area contributed by atoms with Crippen molar-refractivity contribution in [1.82, 2.24) is 10.2 Å². The molecule has 2 atom stereocenters. The van der Waals surface area contributed by atoms with E-state index in [0.29, 0.717) is 6.42 Å². The first-order chi connectivity index (χ1) is 7.99. The number of hydrogen-bond donors (Lipinski definition) is 1. The zero-order chi connectivity index (χ0) is 12.9. The van der Waals surface area contributed by atoms with E-state index in [1.165, 1.54) is 0 Å². The van der Waals surface area contributed by atoms with Crippen molar-refractivity contribution < 1.29 is 13.2 Å². The van der Waals surface area contributed by atoms with Crippen LogP contribution in [0.2, 0.25) is 0 Å². The summed E-state index contributed by atoms with van der Waals surface area (Å²) in [7, 11) is 0. The third-order valence-corrected chi connectivity index (χ3v) is 3.53. The minimum atomic E-state index is -4.03. The number of likely N-dealkylation sites (tertiary alicyclic amines) is 1. The van der Waals surface area contributed by atoms with Crippen molar-refractivity contribution in [3.63, 3.8) is 0 Å². The smallest absolute Gasteiger partial charge is 0.315 e. The lowest BCUT2D eigenvalue weighted by Crippen LogP contribution is -2.49. The predicted molar refractivity (Wildman–Crippen MR) is 63.0 cm³/mol. The lowest BCUT2D eigenvalue weighted by Gasteiger charge is -2.38. The summed E-state index contributed by atoms with van der Waals surface area (Å²) < 4.78 is 38.1. The third kappa shape index (κ3) is 4.47. The fourth-order valence-electron chi connectivity index (χ4n) is 2.45. The Morgan fingerprint density at radius 2 is 2.06 bits per heavy atom. The number of halogens is 3. The van der Waals surface area contributed by atoms with Crippen LogP contribution in [0, 0.1) is 5.92 Å². The quantitative estimate of drug-likeness (QED) is 0.809. The van der Waals surface area contributed by atoms with E-state index in [-0.39, 0.29) is 19.0 Å². The molecule has 2 unspecified atom stereocenters. The molecule has 1 rings (SSSR count). The van der Waals surface area contributed by atoms with Gasteiger partial charge in [-0.1, -0.05) is 13.8 Å². The van der Waals surface area contributed by atoms with E-state index >= 15 is 0 Å².